The molecule has 0 spiro atoms. The predicted molar refractivity (Wildman–Crippen MR) is 152 cm³/mol. The molecule has 4 rings (SSSR count). The zero-order valence-electron chi connectivity index (χ0n) is 23.1. The summed E-state index contributed by atoms with van der Waals surface area (Å²) in [4.78, 5) is 12.1. The third-order valence-corrected chi connectivity index (χ3v) is 6.77. The molecule has 1 unspecified atom stereocenters. The summed E-state index contributed by atoms with van der Waals surface area (Å²) in [6.45, 7) is 7.65. The predicted octanol–water partition coefficient (Wildman–Crippen LogP) is 8.09. The number of fused-ring (bicyclic) bond motifs is 1. The number of halogens is 2. The average Bonchev–Trinajstić information content (AvgIpc) is 2.90. The minimum Gasteiger partial charge on any atom is -0.497 e. The van der Waals surface area contributed by atoms with E-state index >= 15 is 0 Å². The number of hydrogen-bond acceptors (Lipinski definition) is 4. The number of rotatable bonds is 10. The van der Waals surface area contributed by atoms with Gasteiger partial charge in [-0.05, 0) is 109 Å². The van der Waals surface area contributed by atoms with E-state index in [1.54, 1.807) is 0 Å². The minimum atomic E-state index is -0.353. The topological polar surface area (TPSA) is 47.6 Å². The van der Waals surface area contributed by atoms with Crippen molar-refractivity contribution in [1.82, 2.24) is 5.32 Å². The molecule has 204 valence electrons. The Bertz CT molecular complexity index is 1470. The van der Waals surface area contributed by atoms with Crippen LogP contribution in [0.25, 0.3) is 21.9 Å². The Kier molecular flexibility index (Phi) is 8.97. The summed E-state index contributed by atoms with van der Waals surface area (Å²) in [5.41, 5.74) is 4.19. The van der Waals surface area contributed by atoms with Crippen molar-refractivity contribution in [3.05, 3.63) is 101 Å². The van der Waals surface area contributed by atoms with E-state index in [1.807, 2.05) is 57.2 Å². The molecular weight excluding hydrogens is 496 g/mol. The van der Waals surface area contributed by atoms with Gasteiger partial charge in [-0.15, -0.1) is 0 Å². The van der Waals surface area contributed by atoms with Gasteiger partial charge in [0.1, 0.15) is 17.4 Å². The number of ether oxygens (including phenoxy) is 2. The van der Waals surface area contributed by atoms with E-state index in [4.69, 9.17) is 9.47 Å². The van der Waals surface area contributed by atoms with E-state index < -0.39 is 0 Å². The number of benzene rings is 4. The van der Waals surface area contributed by atoms with Gasteiger partial charge in [-0.25, -0.2) is 8.78 Å². The highest BCUT2D eigenvalue weighted by molar-refractivity contribution is 5.97. The highest BCUT2D eigenvalue weighted by Crippen LogP contribution is 2.34. The smallest absolute Gasteiger partial charge is 0.306 e. The largest absolute Gasteiger partial charge is 0.497 e. The lowest BCUT2D eigenvalue weighted by atomic mass is 9.92. The van der Waals surface area contributed by atoms with Gasteiger partial charge < -0.3 is 14.8 Å². The Morgan fingerprint density at radius 1 is 0.846 bits per heavy atom. The van der Waals surface area contributed by atoms with Crippen LogP contribution in [0.1, 0.15) is 62.9 Å². The minimum absolute atomic E-state index is 0.0866. The van der Waals surface area contributed by atoms with Gasteiger partial charge in [0.05, 0.1) is 13.2 Å². The van der Waals surface area contributed by atoms with E-state index in [1.165, 1.54) is 31.4 Å². The lowest BCUT2D eigenvalue weighted by molar-refractivity contribution is -0.147. The zero-order chi connectivity index (χ0) is 28.1. The lowest BCUT2D eigenvalue weighted by Gasteiger charge is -2.23. The van der Waals surface area contributed by atoms with Gasteiger partial charge in [-0.2, -0.15) is 0 Å². The quantitative estimate of drug-likeness (QED) is 0.210. The van der Waals surface area contributed by atoms with Crippen LogP contribution in [0.5, 0.6) is 5.75 Å². The van der Waals surface area contributed by atoms with E-state index in [-0.39, 0.29) is 42.2 Å². The van der Waals surface area contributed by atoms with Crippen molar-refractivity contribution < 1.29 is 23.0 Å². The highest BCUT2D eigenvalue weighted by atomic mass is 19.1. The van der Waals surface area contributed by atoms with Crippen LogP contribution in [0.3, 0.4) is 0 Å². The second-order valence-electron chi connectivity index (χ2n) is 10.2. The van der Waals surface area contributed by atoms with Gasteiger partial charge in [0.25, 0.3) is 0 Å². The second kappa shape index (κ2) is 12.4. The maximum atomic E-state index is 14.8. The van der Waals surface area contributed by atoms with Crippen molar-refractivity contribution in [3.63, 3.8) is 0 Å². The lowest BCUT2D eigenvalue weighted by Crippen LogP contribution is -2.22. The number of carbonyl (C=O) groups is 1. The van der Waals surface area contributed by atoms with E-state index in [9.17, 15) is 13.6 Å². The molecule has 0 heterocycles. The van der Waals surface area contributed by atoms with Crippen LogP contribution in [0.15, 0.2) is 72.8 Å². The summed E-state index contributed by atoms with van der Waals surface area (Å²) in [6, 6.07) is 21.6. The molecule has 0 aromatic heterocycles. The monoisotopic (exact) mass is 531 g/mol. The Morgan fingerprint density at radius 2 is 1.54 bits per heavy atom. The van der Waals surface area contributed by atoms with Crippen LogP contribution in [0.4, 0.5) is 8.78 Å². The molecule has 39 heavy (non-hydrogen) atoms. The van der Waals surface area contributed by atoms with Crippen molar-refractivity contribution in [1.29, 1.82) is 0 Å². The molecule has 0 saturated carbocycles. The van der Waals surface area contributed by atoms with Gasteiger partial charge in [0, 0.05) is 24.6 Å². The third kappa shape index (κ3) is 7.21. The number of nitrogens with one attached hydrogen (secondary N) is 1. The molecule has 6 heteroatoms. The number of esters is 1. The van der Waals surface area contributed by atoms with Crippen LogP contribution in [0.2, 0.25) is 0 Å². The Hall–Kier alpha value is -3.77. The van der Waals surface area contributed by atoms with Crippen LogP contribution in [0, 0.1) is 11.6 Å². The first kappa shape index (κ1) is 28.2. The first-order valence-corrected chi connectivity index (χ1v) is 13.3. The average molecular weight is 532 g/mol. The van der Waals surface area contributed by atoms with Crippen molar-refractivity contribution in [2.75, 3.05) is 7.11 Å². The SMILES string of the molecule is COc1cc(F)cc([C@@H](C)NC(C)c2cc(-c3cc(F)cc(CCC(=O)OC(C)C)c3)c3ccccc3c2)c1. The van der Waals surface area contributed by atoms with Crippen molar-refractivity contribution in [2.45, 2.75) is 58.7 Å². The maximum Gasteiger partial charge on any atom is 0.306 e. The molecule has 4 aromatic rings. The zero-order valence-corrected chi connectivity index (χ0v) is 23.1. The molecule has 0 aliphatic rings. The number of hydrogen-bond donors (Lipinski definition) is 1. The van der Waals surface area contributed by atoms with Gasteiger partial charge >= 0.3 is 5.97 Å². The Balaban J connectivity index is 1.66. The van der Waals surface area contributed by atoms with Crippen LogP contribution in [-0.4, -0.2) is 19.2 Å². The third-order valence-electron chi connectivity index (χ3n) is 6.77. The first-order valence-electron chi connectivity index (χ1n) is 13.3. The second-order valence-corrected chi connectivity index (χ2v) is 10.2. The fourth-order valence-electron chi connectivity index (χ4n) is 4.86. The summed E-state index contributed by atoms with van der Waals surface area (Å²) in [5, 5.41) is 5.60. The van der Waals surface area contributed by atoms with E-state index in [0.29, 0.717) is 12.2 Å². The van der Waals surface area contributed by atoms with Crippen LogP contribution in [-0.2, 0) is 16.0 Å². The molecule has 0 bridgehead atoms. The number of carbonyl (C=O) groups excluding carboxylic acids is 1. The van der Waals surface area contributed by atoms with Crippen molar-refractivity contribution in [3.8, 4) is 16.9 Å². The molecule has 4 aromatic carbocycles. The molecule has 0 aliphatic carbocycles. The summed E-state index contributed by atoms with van der Waals surface area (Å²) < 4.78 is 39.4. The molecule has 4 nitrogen and oxygen atoms in total. The summed E-state index contributed by atoms with van der Waals surface area (Å²) in [5.74, 6) is -0.529. The Morgan fingerprint density at radius 3 is 2.26 bits per heavy atom. The van der Waals surface area contributed by atoms with Crippen molar-refractivity contribution >= 4 is 16.7 Å². The molecule has 0 aliphatic heterocycles. The van der Waals surface area contributed by atoms with E-state index in [2.05, 4.69) is 24.4 Å². The maximum absolute atomic E-state index is 14.8. The van der Waals surface area contributed by atoms with Crippen molar-refractivity contribution in [2.24, 2.45) is 0 Å². The first-order chi connectivity index (χ1) is 18.6. The van der Waals surface area contributed by atoms with Crippen LogP contribution < -0.4 is 10.1 Å². The normalized spacial score (nSPS) is 12.9. The molecule has 1 N–H and O–H groups in total. The number of aryl methyl sites for hydroxylation is 1. The van der Waals surface area contributed by atoms with E-state index in [0.717, 1.165) is 38.6 Å². The molecule has 0 radical (unpaired) electrons. The van der Waals surface area contributed by atoms with Gasteiger partial charge in [0.15, 0.2) is 0 Å². The standard InChI is InChI=1S/C33H35F2NO3/c1-20(2)39-33(37)11-10-23-12-27(16-28(34)13-23)32-18-25(14-24-8-6-7-9-31(24)32)21(3)36-22(4)26-15-29(35)19-30(17-26)38-5/h6-9,12-22,36H,10-11H2,1-5H3/t21?,22-/m1/s1. The molecule has 0 fully saturated rings. The van der Waals surface area contributed by atoms with Gasteiger partial charge in [-0.1, -0.05) is 30.3 Å². The van der Waals surface area contributed by atoms with Crippen LogP contribution >= 0.6 is 0 Å². The molecule has 0 amide bonds. The fraction of sp³-hybridized carbons (Fsp3) is 0.303. The molecular formula is C33H35F2NO3. The molecule has 0 saturated heterocycles. The van der Waals surface area contributed by atoms with Gasteiger partial charge in [-0.3, -0.25) is 4.79 Å². The highest BCUT2D eigenvalue weighted by Gasteiger charge is 2.17. The summed E-state index contributed by atoms with van der Waals surface area (Å²) in [7, 11) is 1.52. The molecule has 2 atom stereocenters. The summed E-state index contributed by atoms with van der Waals surface area (Å²) >= 11 is 0. The van der Waals surface area contributed by atoms with Gasteiger partial charge in [0.2, 0.25) is 0 Å². The fourth-order valence-corrected chi connectivity index (χ4v) is 4.86. The Labute approximate surface area is 229 Å². The summed E-state index contributed by atoms with van der Waals surface area (Å²) in [6.07, 6.45) is 0.391. The number of methoxy groups -OCH3 is 1.